The molecule has 0 unspecified atom stereocenters. The van der Waals surface area contributed by atoms with Gasteiger partial charge in [0, 0.05) is 18.3 Å². The molecule has 1 aromatic rings. The quantitative estimate of drug-likeness (QED) is 0.853. The summed E-state index contributed by atoms with van der Waals surface area (Å²) < 4.78 is 5.92. The molecular weight excluding hydrogens is 212 g/mol. The second-order valence-corrected chi connectivity index (χ2v) is 5.31. The van der Waals surface area contributed by atoms with E-state index in [1.54, 1.807) is 0 Å². The summed E-state index contributed by atoms with van der Waals surface area (Å²) in [5.74, 6) is 1.07. The number of ether oxygens (including phenoxy) is 1. The first-order valence-corrected chi connectivity index (χ1v) is 6.28. The Balaban J connectivity index is 3.03. The van der Waals surface area contributed by atoms with Crippen molar-refractivity contribution in [2.75, 3.05) is 0 Å². The summed E-state index contributed by atoms with van der Waals surface area (Å²) in [6, 6.07) is 3.99. The minimum atomic E-state index is -0.186. The third kappa shape index (κ3) is 4.00. The van der Waals surface area contributed by atoms with Gasteiger partial charge in [-0.2, -0.15) is 0 Å². The second-order valence-electron chi connectivity index (χ2n) is 5.31. The third-order valence-corrected chi connectivity index (χ3v) is 2.94. The van der Waals surface area contributed by atoms with Crippen molar-refractivity contribution in [3.63, 3.8) is 0 Å². The van der Waals surface area contributed by atoms with E-state index >= 15 is 0 Å². The molecule has 3 nitrogen and oxygen atoms in total. The molecule has 2 N–H and O–H groups in total. The van der Waals surface area contributed by atoms with Gasteiger partial charge < -0.3 is 10.5 Å². The minimum Gasteiger partial charge on any atom is -0.472 e. The largest absolute Gasteiger partial charge is 0.472 e. The topological polar surface area (TPSA) is 48.1 Å². The number of nitrogens with zero attached hydrogens (tertiary/aromatic N) is 1. The van der Waals surface area contributed by atoms with Gasteiger partial charge in [-0.3, -0.25) is 0 Å². The average Bonchev–Trinajstić information content (AvgIpc) is 2.28. The Morgan fingerprint density at radius 3 is 2.47 bits per heavy atom. The zero-order valence-electron chi connectivity index (χ0n) is 11.6. The Morgan fingerprint density at radius 2 is 2.00 bits per heavy atom. The number of hydrogen-bond acceptors (Lipinski definition) is 3. The van der Waals surface area contributed by atoms with Gasteiger partial charge >= 0.3 is 0 Å². The maximum Gasteiger partial charge on any atom is 0.214 e. The average molecular weight is 236 g/mol. The van der Waals surface area contributed by atoms with Crippen molar-refractivity contribution >= 4 is 0 Å². The Labute approximate surface area is 104 Å². The first-order valence-electron chi connectivity index (χ1n) is 6.28. The van der Waals surface area contributed by atoms with Crippen LogP contribution in [0.15, 0.2) is 12.1 Å². The number of hydrogen-bond donors (Lipinski definition) is 1. The summed E-state index contributed by atoms with van der Waals surface area (Å²) in [6.45, 7) is 11.0. The maximum atomic E-state index is 5.92. The fraction of sp³-hybridized carbons (Fsp3) is 0.643. The summed E-state index contributed by atoms with van der Waals surface area (Å²) in [7, 11) is 0. The standard InChI is InChI=1S/C14H24N2O/c1-6-14(4,5)17-13-8-11(9-15)7-12(16-13)10(2)3/h7-8,10H,6,9,15H2,1-5H3. The Hall–Kier alpha value is -1.09. The van der Waals surface area contributed by atoms with E-state index < -0.39 is 0 Å². The second kappa shape index (κ2) is 5.50. The van der Waals surface area contributed by atoms with Crippen LogP contribution in [0, 0.1) is 0 Å². The van der Waals surface area contributed by atoms with E-state index in [0.717, 1.165) is 17.7 Å². The van der Waals surface area contributed by atoms with Crippen molar-refractivity contribution in [2.45, 2.75) is 59.1 Å². The molecule has 0 aliphatic rings. The van der Waals surface area contributed by atoms with E-state index in [1.165, 1.54) is 0 Å². The molecule has 0 fully saturated rings. The summed E-state index contributed by atoms with van der Waals surface area (Å²) in [5.41, 5.74) is 7.63. The Morgan fingerprint density at radius 1 is 1.35 bits per heavy atom. The fourth-order valence-electron chi connectivity index (χ4n) is 1.40. The minimum absolute atomic E-state index is 0.186. The maximum absolute atomic E-state index is 5.92. The van der Waals surface area contributed by atoms with Crippen LogP contribution in [0.5, 0.6) is 5.88 Å². The van der Waals surface area contributed by atoms with Crippen LogP contribution >= 0.6 is 0 Å². The lowest BCUT2D eigenvalue weighted by Gasteiger charge is -2.25. The molecular formula is C14H24N2O. The molecule has 0 radical (unpaired) electrons. The third-order valence-electron chi connectivity index (χ3n) is 2.94. The SMILES string of the molecule is CCC(C)(C)Oc1cc(CN)cc(C(C)C)n1. The molecule has 0 saturated heterocycles. The van der Waals surface area contributed by atoms with Gasteiger partial charge in [0.05, 0.1) is 0 Å². The van der Waals surface area contributed by atoms with E-state index in [0.29, 0.717) is 18.3 Å². The molecule has 0 aliphatic heterocycles. The van der Waals surface area contributed by atoms with Gasteiger partial charge in [0.15, 0.2) is 0 Å². The van der Waals surface area contributed by atoms with Crippen LogP contribution in [0.2, 0.25) is 0 Å². The van der Waals surface area contributed by atoms with Crippen molar-refractivity contribution in [2.24, 2.45) is 5.73 Å². The van der Waals surface area contributed by atoms with Crippen molar-refractivity contribution < 1.29 is 4.74 Å². The summed E-state index contributed by atoms with van der Waals surface area (Å²) in [5, 5.41) is 0. The lowest BCUT2D eigenvalue weighted by Crippen LogP contribution is -2.27. The van der Waals surface area contributed by atoms with Gasteiger partial charge in [0.2, 0.25) is 5.88 Å². The van der Waals surface area contributed by atoms with Crippen molar-refractivity contribution in [1.82, 2.24) is 4.98 Å². The summed E-state index contributed by atoms with van der Waals surface area (Å²) in [6.07, 6.45) is 0.943. The molecule has 17 heavy (non-hydrogen) atoms. The fourth-order valence-corrected chi connectivity index (χ4v) is 1.40. The predicted molar refractivity (Wildman–Crippen MR) is 71.2 cm³/mol. The number of aromatic nitrogens is 1. The molecule has 0 aliphatic carbocycles. The van der Waals surface area contributed by atoms with Crippen LogP contribution in [-0.4, -0.2) is 10.6 Å². The van der Waals surface area contributed by atoms with E-state index in [2.05, 4.69) is 45.7 Å². The molecule has 0 atom stereocenters. The molecule has 0 aromatic carbocycles. The van der Waals surface area contributed by atoms with E-state index in [1.807, 2.05) is 6.07 Å². The lowest BCUT2D eigenvalue weighted by molar-refractivity contribution is 0.0985. The van der Waals surface area contributed by atoms with Crippen molar-refractivity contribution in [1.29, 1.82) is 0 Å². The first-order chi connectivity index (χ1) is 7.88. The van der Waals surface area contributed by atoms with Crippen LogP contribution in [-0.2, 0) is 6.54 Å². The lowest BCUT2D eigenvalue weighted by atomic mass is 10.1. The number of nitrogens with two attached hydrogens (primary N) is 1. The highest BCUT2D eigenvalue weighted by Crippen LogP contribution is 2.23. The van der Waals surface area contributed by atoms with Gasteiger partial charge in [0.1, 0.15) is 5.60 Å². The zero-order chi connectivity index (χ0) is 13.1. The van der Waals surface area contributed by atoms with Gasteiger partial charge in [-0.15, -0.1) is 0 Å². The Kier molecular flexibility index (Phi) is 4.52. The summed E-state index contributed by atoms with van der Waals surface area (Å²) in [4.78, 5) is 4.54. The van der Waals surface area contributed by atoms with E-state index in [-0.39, 0.29) is 5.60 Å². The number of rotatable bonds is 5. The highest BCUT2D eigenvalue weighted by atomic mass is 16.5. The highest BCUT2D eigenvalue weighted by molar-refractivity contribution is 5.27. The molecule has 1 rings (SSSR count). The van der Waals surface area contributed by atoms with Crippen LogP contribution in [0.3, 0.4) is 0 Å². The molecule has 1 heterocycles. The van der Waals surface area contributed by atoms with Gasteiger partial charge in [-0.25, -0.2) is 4.98 Å². The highest BCUT2D eigenvalue weighted by Gasteiger charge is 2.18. The summed E-state index contributed by atoms with van der Waals surface area (Å²) >= 11 is 0. The van der Waals surface area contributed by atoms with Crippen LogP contribution in [0.4, 0.5) is 0 Å². The number of pyridine rings is 1. The van der Waals surface area contributed by atoms with E-state index in [9.17, 15) is 0 Å². The van der Waals surface area contributed by atoms with E-state index in [4.69, 9.17) is 10.5 Å². The molecule has 0 bridgehead atoms. The molecule has 96 valence electrons. The molecule has 0 spiro atoms. The normalized spacial score (nSPS) is 11.9. The van der Waals surface area contributed by atoms with Crippen LogP contribution < -0.4 is 10.5 Å². The van der Waals surface area contributed by atoms with Crippen LogP contribution in [0.1, 0.15) is 58.2 Å². The molecule has 0 amide bonds. The van der Waals surface area contributed by atoms with Gasteiger partial charge in [-0.1, -0.05) is 20.8 Å². The molecule has 0 saturated carbocycles. The monoisotopic (exact) mass is 236 g/mol. The predicted octanol–water partition coefficient (Wildman–Crippen LogP) is 3.23. The Bertz CT molecular complexity index is 372. The van der Waals surface area contributed by atoms with Crippen molar-refractivity contribution in [3.8, 4) is 5.88 Å². The van der Waals surface area contributed by atoms with Gasteiger partial charge in [-0.05, 0) is 37.8 Å². The smallest absolute Gasteiger partial charge is 0.214 e. The van der Waals surface area contributed by atoms with Gasteiger partial charge in [0.25, 0.3) is 0 Å². The molecule has 1 aromatic heterocycles. The van der Waals surface area contributed by atoms with Crippen molar-refractivity contribution in [3.05, 3.63) is 23.4 Å². The molecule has 3 heteroatoms. The van der Waals surface area contributed by atoms with Crippen LogP contribution in [0.25, 0.3) is 0 Å². The first kappa shape index (κ1) is 14.0. The zero-order valence-corrected chi connectivity index (χ0v) is 11.6.